The van der Waals surface area contributed by atoms with Gasteiger partial charge in [-0.2, -0.15) is 18.4 Å². The summed E-state index contributed by atoms with van der Waals surface area (Å²) in [5.74, 6) is 3.92. The van der Waals surface area contributed by atoms with Crippen molar-refractivity contribution >= 4 is 31.6 Å². The third kappa shape index (κ3) is 3.82. The van der Waals surface area contributed by atoms with Gasteiger partial charge < -0.3 is 5.11 Å². The van der Waals surface area contributed by atoms with Crippen LogP contribution in [0.5, 0.6) is 0 Å². The molecular formula is C7H9ClN4O4S. The van der Waals surface area contributed by atoms with E-state index < -0.39 is 21.2 Å². The molecule has 94 valence electrons. The van der Waals surface area contributed by atoms with Gasteiger partial charge in [-0.3, -0.25) is 5.84 Å². The highest BCUT2D eigenvalue weighted by molar-refractivity contribution is 8.12. The Kier molecular flexibility index (Phi) is 4.23. The highest BCUT2D eigenvalue weighted by Crippen LogP contribution is 2.10. The van der Waals surface area contributed by atoms with E-state index in [2.05, 4.69) is 10.5 Å². The van der Waals surface area contributed by atoms with Crippen molar-refractivity contribution in [3.63, 3.8) is 0 Å². The molecule has 1 unspecified atom stereocenters. The lowest BCUT2D eigenvalue weighted by Gasteiger charge is -2.17. The van der Waals surface area contributed by atoms with Crippen LogP contribution in [0.3, 0.4) is 0 Å². The number of carboxylic acid groups (broad SMARTS) is 1. The number of nitrogens with two attached hydrogens (primary N) is 1. The second-order valence-corrected chi connectivity index (χ2v) is 5.22. The summed E-state index contributed by atoms with van der Waals surface area (Å²) in [6.07, 6.45) is 4.23. The molecule has 0 aromatic rings. The molecule has 1 atom stereocenters. The van der Waals surface area contributed by atoms with Gasteiger partial charge in [0.2, 0.25) is 0 Å². The molecule has 0 radical (unpaired) electrons. The van der Waals surface area contributed by atoms with Gasteiger partial charge in [-0.1, -0.05) is 12.2 Å². The Bertz CT molecular complexity index is 510. The van der Waals surface area contributed by atoms with Crippen molar-refractivity contribution in [3.8, 4) is 0 Å². The zero-order chi connectivity index (χ0) is 13.1. The van der Waals surface area contributed by atoms with Crippen molar-refractivity contribution in [1.82, 2.24) is 10.3 Å². The van der Waals surface area contributed by atoms with Crippen LogP contribution in [0, 0.1) is 0 Å². The Morgan fingerprint density at radius 3 is 2.71 bits per heavy atom. The summed E-state index contributed by atoms with van der Waals surface area (Å²) in [5, 5.41) is 12.3. The van der Waals surface area contributed by atoms with Crippen molar-refractivity contribution in [2.75, 3.05) is 0 Å². The lowest BCUT2D eigenvalue weighted by molar-refractivity contribution is -0.132. The molecule has 1 aliphatic carbocycles. The van der Waals surface area contributed by atoms with E-state index in [-0.39, 0.29) is 11.3 Å². The average molecular weight is 281 g/mol. The number of hydrazone groups is 1. The quantitative estimate of drug-likeness (QED) is 0.291. The van der Waals surface area contributed by atoms with E-state index >= 15 is 0 Å². The van der Waals surface area contributed by atoms with Gasteiger partial charge in [0.05, 0.1) is 17.3 Å². The first-order valence-electron chi connectivity index (χ1n) is 4.22. The third-order valence-corrected chi connectivity index (χ3v) is 2.34. The summed E-state index contributed by atoms with van der Waals surface area (Å²) >= 11 is 0. The molecule has 0 heterocycles. The summed E-state index contributed by atoms with van der Waals surface area (Å²) in [4.78, 5) is 12.5. The molecule has 1 aliphatic rings. The first kappa shape index (κ1) is 13.6. The number of carboxylic acids is 1. The van der Waals surface area contributed by atoms with E-state index in [0.717, 1.165) is 0 Å². The molecule has 0 aromatic carbocycles. The lowest BCUT2D eigenvalue weighted by Crippen LogP contribution is -2.43. The van der Waals surface area contributed by atoms with Crippen LogP contribution in [0.15, 0.2) is 28.9 Å². The summed E-state index contributed by atoms with van der Waals surface area (Å²) in [6.45, 7) is 0. The van der Waals surface area contributed by atoms with E-state index in [1.54, 1.807) is 4.83 Å². The van der Waals surface area contributed by atoms with Gasteiger partial charge in [-0.15, -0.1) is 0 Å². The van der Waals surface area contributed by atoms with Crippen LogP contribution < -0.4 is 16.1 Å². The Hall–Kier alpha value is -1.42. The van der Waals surface area contributed by atoms with Crippen LogP contribution in [0.25, 0.3) is 0 Å². The SMILES string of the molecule is NNC1C=CC=C(C(=O)O)C1=NNS(=O)(=O)Cl. The molecule has 0 fully saturated rings. The molecule has 0 amide bonds. The van der Waals surface area contributed by atoms with Crippen molar-refractivity contribution in [3.05, 3.63) is 23.8 Å². The number of nitrogens with zero attached hydrogens (tertiary/aromatic N) is 1. The molecule has 0 aromatic heterocycles. The number of aliphatic carboxylic acids is 1. The standard InChI is InChI=1S/C7H9ClN4O4S/c8-17(15,16)12-11-6-4(7(13)14)2-1-3-5(6)10-9/h1-3,5,10,12H,9H2,(H,13,14). The maximum atomic E-state index is 10.9. The minimum absolute atomic E-state index is 0.0910. The fourth-order valence-corrected chi connectivity index (χ4v) is 1.47. The van der Waals surface area contributed by atoms with Crippen LogP contribution in [0.1, 0.15) is 0 Å². The number of rotatable bonds is 4. The molecule has 10 heteroatoms. The Morgan fingerprint density at radius 2 is 2.24 bits per heavy atom. The van der Waals surface area contributed by atoms with Crippen molar-refractivity contribution in [2.45, 2.75) is 6.04 Å². The van der Waals surface area contributed by atoms with Crippen LogP contribution in [0.4, 0.5) is 0 Å². The largest absolute Gasteiger partial charge is 0.478 e. The molecule has 0 aliphatic heterocycles. The minimum atomic E-state index is -4.08. The summed E-state index contributed by atoms with van der Waals surface area (Å²) < 4.78 is 21.3. The summed E-state index contributed by atoms with van der Waals surface area (Å²) in [6, 6.07) is -0.725. The predicted molar refractivity (Wildman–Crippen MR) is 61.3 cm³/mol. The molecule has 0 bridgehead atoms. The molecule has 8 nitrogen and oxygen atoms in total. The summed E-state index contributed by atoms with van der Waals surface area (Å²) in [7, 11) is 0.806. The number of halogens is 1. The minimum Gasteiger partial charge on any atom is -0.478 e. The maximum absolute atomic E-state index is 10.9. The van der Waals surface area contributed by atoms with Crippen LogP contribution >= 0.6 is 10.7 Å². The van der Waals surface area contributed by atoms with Crippen molar-refractivity contribution in [1.29, 1.82) is 0 Å². The van der Waals surface area contributed by atoms with Crippen LogP contribution in [-0.4, -0.2) is 31.2 Å². The molecule has 17 heavy (non-hydrogen) atoms. The number of hydrogen-bond donors (Lipinski definition) is 4. The smallest absolute Gasteiger partial charge is 0.337 e. The Labute approximate surface area is 101 Å². The van der Waals surface area contributed by atoms with Gasteiger partial charge in [0.25, 0.3) is 0 Å². The number of allylic oxidation sites excluding steroid dienone is 2. The summed E-state index contributed by atoms with van der Waals surface area (Å²) in [5.41, 5.74) is 1.99. The zero-order valence-corrected chi connectivity index (χ0v) is 9.86. The third-order valence-electron chi connectivity index (χ3n) is 1.82. The van der Waals surface area contributed by atoms with Gasteiger partial charge in [-0.05, 0) is 6.08 Å². The van der Waals surface area contributed by atoms with E-state index in [4.69, 9.17) is 21.6 Å². The highest BCUT2D eigenvalue weighted by atomic mass is 35.7. The molecule has 0 saturated carbocycles. The van der Waals surface area contributed by atoms with Crippen LogP contribution in [-0.2, 0) is 14.0 Å². The van der Waals surface area contributed by atoms with Crippen LogP contribution in [0.2, 0.25) is 0 Å². The number of hydrogen-bond acceptors (Lipinski definition) is 6. The molecule has 1 rings (SSSR count). The first-order valence-corrected chi connectivity index (χ1v) is 6.53. The second-order valence-electron chi connectivity index (χ2n) is 2.94. The zero-order valence-electron chi connectivity index (χ0n) is 8.29. The first-order chi connectivity index (χ1) is 7.85. The number of nitrogens with one attached hydrogen (secondary N) is 2. The molecule has 5 N–H and O–H groups in total. The van der Waals surface area contributed by atoms with Gasteiger partial charge >= 0.3 is 15.2 Å². The Balaban J connectivity index is 3.09. The normalized spacial score (nSPS) is 22.4. The number of carbonyl (C=O) groups is 1. The maximum Gasteiger partial charge on any atom is 0.337 e. The van der Waals surface area contributed by atoms with Gasteiger partial charge in [0.15, 0.2) is 0 Å². The van der Waals surface area contributed by atoms with E-state index in [1.165, 1.54) is 18.2 Å². The fraction of sp³-hybridized carbons (Fsp3) is 0.143. The Morgan fingerprint density at radius 1 is 1.59 bits per heavy atom. The van der Waals surface area contributed by atoms with Crippen molar-refractivity contribution in [2.24, 2.45) is 10.9 Å². The van der Waals surface area contributed by atoms with E-state index in [9.17, 15) is 13.2 Å². The lowest BCUT2D eigenvalue weighted by atomic mass is 9.98. The number of hydrazine groups is 1. The topological polar surface area (TPSA) is 134 Å². The van der Waals surface area contributed by atoms with E-state index in [0.29, 0.717) is 0 Å². The molecule has 0 spiro atoms. The van der Waals surface area contributed by atoms with Gasteiger partial charge in [0.1, 0.15) is 0 Å². The fourth-order valence-electron chi connectivity index (χ4n) is 1.16. The van der Waals surface area contributed by atoms with Gasteiger partial charge in [-0.25, -0.2) is 10.2 Å². The highest BCUT2D eigenvalue weighted by Gasteiger charge is 2.24. The average Bonchev–Trinajstić information content (AvgIpc) is 2.24. The molecular weight excluding hydrogens is 272 g/mol. The van der Waals surface area contributed by atoms with E-state index in [1.807, 2.05) is 0 Å². The monoisotopic (exact) mass is 280 g/mol. The second kappa shape index (κ2) is 5.27. The predicted octanol–water partition coefficient (Wildman–Crippen LogP) is -1.17. The van der Waals surface area contributed by atoms with Crippen molar-refractivity contribution < 1.29 is 18.3 Å². The molecule has 0 saturated heterocycles. The van der Waals surface area contributed by atoms with Gasteiger partial charge in [0, 0.05) is 10.7 Å².